The van der Waals surface area contributed by atoms with Crippen LogP contribution in [0.5, 0.6) is 0 Å². The molecule has 0 aliphatic heterocycles. The third-order valence-corrected chi connectivity index (χ3v) is 4.28. The molecular weight excluding hydrogens is 318 g/mol. The molecule has 0 atom stereocenters. The summed E-state index contributed by atoms with van der Waals surface area (Å²) < 4.78 is 29.1. The number of hydrogen-bond donors (Lipinski definition) is 1. The second-order valence-corrected chi connectivity index (χ2v) is 6.19. The van der Waals surface area contributed by atoms with Crippen LogP contribution < -0.4 is 4.72 Å². The van der Waals surface area contributed by atoms with Crippen molar-refractivity contribution in [1.29, 1.82) is 0 Å². The number of rotatable bonds is 4. The van der Waals surface area contributed by atoms with Crippen LogP contribution in [-0.2, 0) is 16.6 Å². The summed E-state index contributed by atoms with van der Waals surface area (Å²) in [6, 6.07) is 8.08. The molecule has 18 heavy (non-hydrogen) atoms. The summed E-state index contributed by atoms with van der Waals surface area (Å²) in [4.78, 5) is 0.217. The van der Waals surface area contributed by atoms with Crippen molar-refractivity contribution in [1.82, 2.24) is 9.78 Å². The molecule has 0 saturated carbocycles. The maximum atomic E-state index is 12.1. The number of hydrogen-bond acceptors (Lipinski definition) is 3. The molecule has 0 unspecified atom stereocenters. The number of sulfonamides is 1. The Balaban J connectivity index is 2.30. The van der Waals surface area contributed by atoms with Crippen LogP contribution >= 0.6 is 15.9 Å². The molecule has 0 fully saturated rings. The molecule has 7 heteroatoms. The van der Waals surface area contributed by atoms with Gasteiger partial charge in [0.15, 0.2) is 0 Å². The molecule has 2 aromatic rings. The largest absolute Gasteiger partial charge is 0.264 e. The highest BCUT2D eigenvalue weighted by molar-refractivity contribution is 9.10. The van der Waals surface area contributed by atoms with Crippen molar-refractivity contribution in [3.8, 4) is 0 Å². The molecule has 0 radical (unpaired) electrons. The number of aryl methyl sites for hydroxylation is 1. The Morgan fingerprint density at radius 3 is 2.56 bits per heavy atom. The van der Waals surface area contributed by atoms with Gasteiger partial charge in [0, 0.05) is 17.1 Å². The predicted molar refractivity (Wildman–Crippen MR) is 72.9 cm³/mol. The molecule has 0 aliphatic carbocycles. The van der Waals surface area contributed by atoms with Crippen LogP contribution in [0.1, 0.15) is 6.92 Å². The van der Waals surface area contributed by atoms with Gasteiger partial charge in [-0.15, -0.1) is 0 Å². The molecule has 1 aromatic carbocycles. The first kappa shape index (κ1) is 13.1. The topological polar surface area (TPSA) is 64.0 Å². The van der Waals surface area contributed by atoms with E-state index in [1.165, 1.54) is 0 Å². The van der Waals surface area contributed by atoms with E-state index in [2.05, 4.69) is 25.8 Å². The number of nitrogens with one attached hydrogen (secondary N) is 1. The molecule has 0 bridgehead atoms. The summed E-state index contributed by atoms with van der Waals surface area (Å²) in [6.07, 6.45) is 1.56. The molecule has 0 spiro atoms. The minimum absolute atomic E-state index is 0.217. The number of halogens is 1. The van der Waals surface area contributed by atoms with Crippen molar-refractivity contribution in [2.24, 2.45) is 0 Å². The number of nitrogens with zero attached hydrogens (tertiary/aromatic N) is 2. The maximum Gasteiger partial charge on any atom is 0.263 e. The predicted octanol–water partition coefficient (Wildman–Crippen LogP) is 2.47. The van der Waals surface area contributed by atoms with Crippen LogP contribution in [-0.4, -0.2) is 18.2 Å². The minimum atomic E-state index is -3.56. The summed E-state index contributed by atoms with van der Waals surface area (Å²) in [7, 11) is -3.56. The van der Waals surface area contributed by atoms with E-state index in [9.17, 15) is 8.42 Å². The van der Waals surface area contributed by atoms with Gasteiger partial charge in [-0.1, -0.05) is 15.9 Å². The van der Waals surface area contributed by atoms with Crippen LogP contribution in [0.4, 0.5) is 5.82 Å². The lowest BCUT2D eigenvalue weighted by Crippen LogP contribution is -2.16. The first-order valence-corrected chi connectivity index (χ1v) is 7.61. The summed E-state index contributed by atoms with van der Waals surface area (Å²) in [5.41, 5.74) is 0. The standard InChI is InChI=1S/C11H12BrN3O2S/c1-2-15-11(7-8-13-15)14-18(16,17)10-5-3-9(12)4-6-10/h3-8,14H,2H2,1H3. The molecule has 0 aliphatic rings. The Labute approximate surface area is 114 Å². The van der Waals surface area contributed by atoms with Gasteiger partial charge < -0.3 is 0 Å². The fourth-order valence-corrected chi connectivity index (χ4v) is 2.81. The highest BCUT2D eigenvalue weighted by Gasteiger charge is 2.15. The van der Waals surface area contributed by atoms with Crippen molar-refractivity contribution in [3.63, 3.8) is 0 Å². The molecule has 0 saturated heterocycles. The highest BCUT2D eigenvalue weighted by atomic mass is 79.9. The molecular formula is C11H12BrN3O2S. The van der Waals surface area contributed by atoms with Gasteiger partial charge in [-0.25, -0.2) is 13.1 Å². The smallest absolute Gasteiger partial charge is 0.263 e. The van der Waals surface area contributed by atoms with E-state index < -0.39 is 10.0 Å². The van der Waals surface area contributed by atoms with Gasteiger partial charge >= 0.3 is 0 Å². The summed E-state index contributed by atoms with van der Waals surface area (Å²) in [5, 5.41) is 4.01. The fourth-order valence-electron chi connectivity index (χ4n) is 1.48. The van der Waals surface area contributed by atoms with Crippen molar-refractivity contribution >= 4 is 31.8 Å². The lowest BCUT2D eigenvalue weighted by molar-refractivity contribution is 0.599. The van der Waals surface area contributed by atoms with Crippen molar-refractivity contribution in [2.75, 3.05) is 4.72 Å². The maximum absolute atomic E-state index is 12.1. The van der Waals surface area contributed by atoms with E-state index in [1.54, 1.807) is 41.2 Å². The normalized spacial score (nSPS) is 11.4. The quantitative estimate of drug-likeness (QED) is 0.937. The fraction of sp³-hybridized carbons (Fsp3) is 0.182. The van der Waals surface area contributed by atoms with Crippen LogP contribution in [0.25, 0.3) is 0 Å². The monoisotopic (exact) mass is 329 g/mol. The highest BCUT2D eigenvalue weighted by Crippen LogP contribution is 2.18. The lowest BCUT2D eigenvalue weighted by atomic mass is 10.4. The molecule has 1 heterocycles. The zero-order chi connectivity index (χ0) is 13.2. The van der Waals surface area contributed by atoms with Gasteiger partial charge in [0.05, 0.1) is 11.1 Å². The average molecular weight is 330 g/mol. The average Bonchev–Trinajstić information content (AvgIpc) is 2.76. The molecule has 96 valence electrons. The Morgan fingerprint density at radius 2 is 1.94 bits per heavy atom. The number of anilines is 1. The van der Waals surface area contributed by atoms with Gasteiger partial charge in [-0.05, 0) is 31.2 Å². The summed E-state index contributed by atoms with van der Waals surface area (Å²) in [6.45, 7) is 2.50. The van der Waals surface area contributed by atoms with Crippen LogP contribution in [0.15, 0.2) is 45.9 Å². The van der Waals surface area contributed by atoms with Crippen LogP contribution in [0, 0.1) is 0 Å². The molecule has 2 rings (SSSR count). The second-order valence-electron chi connectivity index (χ2n) is 3.59. The van der Waals surface area contributed by atoms with E-state index in [1.807, 2.05) is 6.92 Å². The van der Waals surface area contributed by atoms with E-state index in [-0.39, 0.29) is 4.90 Å². The Morgan fingerprint density at radius 1 is 1.28 bits per heavy atom. The van der Waals surface area contributed by atoms with Gasteiger partial charge in [-0.3, -0.25) is 4.72 Å². The Kier molecular flexibility index (Phi) is 3.72. The van der Waals surface area contributed by atoms with Crippen molar-refractivity contribution in [2.45, 2.75) is 18.4 Å². The minimum Gasteiger partial charge on any atom is -0.264 e. The Bertz CT molecular complexity index is 635. The van der Waals surface area contributed by atoms with Crippen molar-refractivity contribution in [3.05, 3.63) is 41.0 Å². The lowest BCUT2D eigenvalue weighted by Gasteiger charge is -2.09. The zero-order valence-electron chi connectivity index (χ0n) is 9.67. The van der Waals surface area contributed by atoms with E-state index >= 15 is 0 Å². The zero-order valence-corrected chi connectivity index (χ0v) is 12.1. The third-order valence-electron chi connectivity index (χ3n) is 2.38. The van der Waals surface area contributed by atoms with Gasteiger partial charge in [-0.2, -0.15) is 5.10 Å². The molecule has 1 N–H and O–H groups in total. The molecule has 5 nitrogen and oxygen atoms in total. The molecule has 0 amide bonds. The first-order chi connectivity index (χ1) is 8.53. The second kappa shape index (κ2) is 5.11. The van der Waals surface area contributed by atoms with Crippen LogP contribution in [0.3, 0.4) is 0 Å². The number of aromatic nitrogens is 2. The summed E-state index contributed by atoms with van der Waals surface area (Å²) >= 11 is 3.27. The van der Waals surface area contributed by atoms with Crippen LogP contribution in [0.2, 0.25) is 0 Å². The Hall–Kier alpha value is -1.34. The molecule has 1 aromatic heterocycles. The van der Waals surface area contributed by atoms with E-state index in [0.717, 1.165) is 4.47 Å². The summed E-state index contributed by atoms with van der Waals surface area (Å²) in [5.74, 6) is 0.459. The van der Waals surface area contributed by atoms with Gasteiger partial charge in [0.1, 0.15) is 5.82 Å². The van der Waals surface area contributed by atoms with Gasteiger partial charge in [0.25, 0.3) is 10.0 Å². The third kappa shape index (κ3) is 2.73. The van der Waals surface area contributed by atoms with Crippen molar-refractivity contribution < 1.29 is 8.42 Å². The SMILES string of the molecule is CCn1nccc1NS(=O)(=O)c1ccc(Br)cc1. The van der Waals surface area contributed by atoms with E-state index in [0.29, 0.717) is 12.4 Å². The van der Waals surface area contributed by atoms with E-state index in [4.69, 9.17) is 0 Å². The number of benzene rings is 1. The van der Waals surface area contributed by atoms with Gasteiger partial charge in [0.2, 0.25) is 0 Å². The first-order valence-electron chi connectivity index (χ1n) is 5.33.